The van der Waals surface area contributed by atoms with E-state index in [9.17, 15) is 9.59 Å². The van der Waals surface area contributed by atoms with E-state index >= 15 is 0 Å². The summed E-state index contributed by atoms with van der Waals surface area (Å²) >= 11 is 1.10. The van der Waals surface area contributed by atoms with Crippen molar-refractivity contribution in [2.45, 2.75) is 46.2 Å². The van der Waals surface area contributed by atoms with Crippen LogP contribution in [0.25, 0.3) is 0 Å². The van der Waals surface area contributed by atoms with Crippen LogP contribution in [0, 0.1) is 13.8 Å². The Morgan fingerprint density at radius 3 is 2.33 bits per heavy atom. The number of hydrogen-bond donors (Lipinski definition) is 1. The number of hydrogen-bond acceptors (Lipinski definition) is 5. The summed E-state index contributed by atoms with van der Waals surface area (Å²) in [4.78, 5) is 28.6. The molecule has 1 heterocycles. The molecule has 156 valence electrons. The molecule has 1 atom stereocenters. The SMILES string of the molecule is Cc1ccc(N(C(=O)c2csnn2)[C@@H](C(=O)NC(C)(C)C)c2ccccc2)c(C)c1. The van der Waals surface area contributed by atoms with Gasteiger partial charge in [-0.25, -0.2) is 0 Å². The van der Waals surface area contributed by atoms with Crippen LogP contribution in [0.3, 0.4) is 0 Å². The highest BCUT2D eigenvalue weighted by atomic mass is 32.1. The molecule has 6 nitrogen and oxygen atoms in total. The Morgan fingerprint density at radius 1 is 1.07 bits per heavy atom. The number of rotatable bonds is 5. The van der Waals surface area contributed by atoms with E-state index < -0.39 is 11.6 Å². The fraction of sp³-hybridized carbons (Fsp3) is 0.304. The Balaban J connectivity index is 2.20. The Hall–Kier alpha value is -3.06. The maximum Gasteiger partial charge on any atom is 0.280 e. The van der Waals surface area contributed by atoms with Gasteiger partial charge in [-0.3, -0.25) is 14.5 Å². The second kappa shape index (κ2) is 8.75. The quantitative estimate of drug-likeness (QED) is 0.659. The zero-order valence-corrected chi connectivity index (χ0v) is 18.7. The maximum absolute atomic E-state index is 13.6. The fourth-order valence-electron chi connectivity index (χ4n) is 3.31. The number of amides is 2. The molecule has 2 aromatic carbocycles. The number of nitrogens with zero attached hydrogens (tertiary/aromatic N) is 3. The van der Waals surface area contributed by atoms with Gasteiger partial charge in [0.25, 0.3) is 5.91 Å². The average Bonchev–Trinajstić information content (AvgIpc) is 3.20. The Morgan fingerprint density at radius 2 is 1.77 bits per heavy atom. The molecule has 0 bridgehead atoms. The lowest BCUT2D eigenvalue weighted by Gasteiger charge is -2.34. The summed E-state index contributed by atoms with van der Waals surface area (Å²) in [5.41, 5.74) is 3.12. The van der Waals surface area contributed by atoms with Crippen molar-refractivity contribution in [2.75, 3.05) is 4.90 Å². The first-order valence-electron chi connectivity index (χ1n) is 9.72. The zero-order valence-electron chi connectivity index (χ0n) is 17.8. The number of aryl methyl sites for hydroxylation is 2. The van der Waals surface area contributed by atoms with Crippen molar-refractivity contribution < 1.29 is 9.59 Å². The predicted octanol–water partition coefficient (Wildman–Crippen LogP) is 4.46. The lowest BCUT2D eigenvalue weighted by molar-refractivity contribution is -0.123. The summed E-state index contributed by atoms with van der Waals surface area (Å²) in [6.45, 7) is 9.68. The van der Waals surface area contributed by atoms with Crippen molar-refractivity contribution in [2.24, 2.45) is 0 Å². The van der Waals surface area contributed by atoms with Crippen LogP contribution in [-0.4, -0.2) is 26.9 Å². The Labute approximate surface area is 181 Å². The molecule has 3 aromatic rings. The van der Waals surface area contributed by atoms with Crippen molar-refractivity contribution in [3.8, 4) is 0 Å². The van der Waals surface area contributed by atoms with Gasteiger partial charge >= 0.3 is 0 Å². The summed E-state index contributed by atoms with van der Waals surface area (Å²) in [6.07, 6.45) is 0. The molecule has 0 aliphatic heterocycles. The molecule has 0 spiro atoms. The molecule has 1 N–H and O–H groups in total. The third-order valence-electron chi connectivity index (χ3n) is 4.53. The molecule has 1 aromatic heterocycles. The standard InChI is InChI=1S/C23H26N4O2S/c1-15-11-12-19(16(2)13-15)27(22(29)18-14-30-26-25-18)20(17-9-7-6-8-10-17)21(28)24-23(3,4)5/h6-14,20H,1-5H3,(H,24,28)/t20-/m1/s1. The first-order chi connectivity index (χ1) is 14.2. The predicted molar refractivity (Wildman–Crippen MR) is 120 cm³/mol. The van der Waals surface area contributed by atoms with E-state index in [1.807, 2.05) is 83.1 Å². The number of aromatic nitrogens is 2. The van der Waals surface area contributed by atoms with Crippen molar-refractivity contribution in [3.05, 3.63) is 76.3 Å². The van der Waals surface area contributed by atoms with Gasteiger partial charge in [-0.1, -0.05) is 52.5 Å². The van der Waals surface area contributed by atoms with Crippen molar-refractivity contribution in [3.63, 3.8) is 0 Å². The first kappa shape index (κ1) is 21.6. The van der Waals surface area contributed by atoms with Crippen LogP contribution in [0.5, 0.6) is 0 Å². The highest BCUT2D eigenvalue weighted by Gasteiger charge is 2.36. The molecule has 2 amide bonds. The van der Waals surface area contributed by atoms with Gasteiger partial charge in [-0.15, -0.1) is 5.10 Å². The molecule has 30 heavy (non-hydrogen) atoms. The molecular formula is C23H26N4O2S. The second-order valence-electron chi connectivity index (χ2n) is 8.31. The van der Waals surface area contributed by atoms with E-state index in [4.69, 9.17) is 0 Å². The normalized spacial score (nSPS) is 12.3. The third-order valence-corrected chi connectivity index (χ3v) is 5.03. The minimum atomic E-state index is -0.860. The zero-order chi connectivity index (χ0) is 21.9. The van der Waals surface area contributed by atoms with Gasteiger partial charge < -0.3 is 5.32 Å². The Bertz CT molecular complexity index is 1030. The molecule has 0 radical (unpaired) electrons. The number of nitrogens with one attached hydrogen (secondary N) is 1. The summed E-state index contributed by atoms with van der Waals surface area (Å²) in [7, 11) is 0. The van der Waals surface area contributed by atoms with E-state index in [1.54, 1.807) is 5.38 Å². The summed E-state index contributed by atoms with van der Waals surface area (Å²) < 4.78 is 3.84. The third kappa shape index (κ3) is 4.91. The molecule has 0 aliphatic rings. The van der Waals surface area contributed by atoms with Gasteiger partial charge in [0.1, 0.15) is 6.04 Å². The second-order valence-corrected chi connectivity index (χ2v) is 8.92. The average molecular weight is 423 g/mol. The fourth-order valence-corrected chi connectivity index (χ4v) is 3.74. The lowest BCUT2D eigenvalue weighted by atomic mass is 9.99. The maximum atomic E-state index is 13.6. The lowest BCUT2D eigenvalue weighted by Crippen LogP contribution is -2.49. The van der Waals surface area contributed by atoms with Crippen LogP contribution in [0.1, 0.15) is 54.0 Å². The number of carbonyl (C=O) groups excluding carboxylic acids is 2. The summed E-state index contributed by atoms with van der Waals surface area (Å²) in [5, 5.41) is 8.60. The molecule has 0 aliphatic carbocycles. The van der Waals surface area contributed by atoms with Gasteiger partial charge in [0.2, 0.25) is 5.91 Å². The van der Waals surface area contributed by atoms with Crippen LogP contribution >= 0.6 is 11.5 Å². The molecule has 0 fully saturated rings. The number of benzene rings is 2. The van der Waals surface area contributed by atoms with Crippen molar-refractivity contribution in [1.29, 1.82) is 0 Å². The van der Waals surface area contributed by atoms with Gasteiger partial charge in [-0.2, -0.15) is 0 Å². The minimum absolute atomic E-state index is 0.212. The van der Waals surface area contributed by atoms with E-state index in [0.717, 1.165) is 28.2 Å². The van der Waals surface area contributed by atoms with E-state index in [0.29, 0.717) is 5.69 Å². The highest BCUT2D eigenvalue weighted by Crippen LogP contribution is 2.32. The van der Waals surface area contributed by atoms with E-state index in [2.05, 4.69) is 14.9 Å². The van der Waals surface area contributed by atoms with Crippen molar-refractivity contribution >= 4 is 29.0 Å². The van der Waals surface area contributed by atoms with Crippen LogP contribution in [0.4, 0.5) is 5.69 Å². The molecule has 0 saturated carbocycles. The first-order valence-corrected chi connectivity index (χ1v) is 10.6. The highest BCUT2D eigenvalue weighted by molar-refractivity contribution is 7.03. The van der Waals surface area contributed by atoms with E-state index in [-0.39, 0.29) is 17.5 Å². The minimum Gasteiger partial charge on any atom is -0.349 e. The smallest absolute Gasteiger partial charge is 0.280 e. The molecule has 0 unspecified atom stereocenters. The van der Waals surface area contributed by atoms with Gasteiger partial charge in [0, 0.05) is 16.6 Å². The van der Waals surface area contributed by atoms with Crippen LogP contribution < -0.4 is 10.2 Å². The van der Waals surface area contributed by atoms with Crippen molar-refractivity contribution in [1.82, 2.24) is 14.9 Å². The van der Waals surface area contributed by atoms with Gasteiger partial charge in [0.15, 0.2) is 5.69 Å². The summed E-state index contributed by atoms with van der Waals surface area (Å²) in [6, 6.07) is 14.3. The summed E-state index contributed by atoms with van der Waals surface area (Å²) in [5.74, 6) is -0.626. The van der Waals surface area contributed by atoms with E-state index in [1.165, 1.54) is 4.90 Å². The van der Waals surface area contributed by atoms with Crippen LogP contribution in [0.2, 0.25) is 0 Å². The molecule has 7 heteroatoms. The van der Waals surface area contributed by atoms with Gasteiger partial charge in [-0.05, 0) is 63.3 Å². The molecule has 0 saturated heterocycles. The largest absolute Gasteiger partial charge is 0.349 e. The molecule has 3 rings (SSSR count). The van der Waals surface area contributed by atoms with Crippen LogP contribution in [0.15, 0.2) is 53.9 Å². The monoisotopic (exact) mass is 422 g/mol. The Kier molecular flexibility index (Phi) is 6.31. The number of anilines is 1. The number of carbonyl (C=O) groups is 2. The van der Waals surface area contributed by atoms with Crippen LogP contribution in [-0.2, 0) is 4.79 Å². The molecular weight excluding hydrogens is 396 g/mol. The van der Waals surface area contributed by atoms with Gasteiger partial charge in [0.05, 0.1) is 0 Å². The topological polar surface area (TPSA) is 75.2 Å².